The van der Waals surface area contributed by atoms with Crippen LogP contribution in [0, 0.1) is 0 Å². The van der Waals surface area contributed by atoms with Gasteiger partial charge in [0.15, 0.2) is 0 Å². The lowest BCUT2D eigenvalue weighted by Gasteiger charge is -2.22. The lowest BCUT2D eigenvalue weighted by atomic mass is 10.0. The summed E-state index contributed by atoms with van der Waals surface area (Å²) in [4.78, 5) is 23.7. The maximum Gasteiger partial charge on any atom is 0.419 e. The Morgan fingerprint density at radius 3 is 1.92 bits per heavy atom. The Labute approximate surface area is 211 Å². The average Bonchev–Trinajstić information content (AvgIpc) is 2.80. The Bertz CT molecular complexity index is 1320. The monoisotopic (exact) mass is 514 g/mol. The van der Waals surface area contributed by atoms with Crippen molar-refractivity contribution in [1.29, 1.82) is 0 Å². The molecule has 6 nitrogen and oxygen atoms in total. The zero-order valence-corrected chi connectivity index (χ0v) is 20.3. The van der Waals surface area contributed by atoms with Gasteiger partial charge in [-0.3, -0.25) is 0 Å². The summed E-state index contributed by atoms with van der Waals surface area (Å²) in [5, 5.41) is 19.3. The van der Waals surface area contributed by atoms with E-state index in [2.05, 4.69) is 6.58 Å². The van der Waals surface area contributed by atoms with E-state index in [0.29, 0.717) is 17.4 Å². The summed E-state index contributed by atoms with van der Waals surface area (Å²) in [6, 6.07) is 15.3. The van der Waals surface area contributed by atoms with Gasteiger partial charge in [-0.25, -0.2) is 9.59 Å². The Morgan fingerprint density at radius 2 is 1.43 bits per heavy atom. The first-order chi connectivity index (χ1) is 17.2. The quantitative estimate of drug-likeness (QED) is 0.269. The summed E-state index contributed by atoms with van der Waals surface area (Å²) in [7, 11) is 0. The standard InChI is InChI=1S/C28H25F3O6/c1-16(25(33)34)17-5-7-18(8-6-17)19-9-12-21(13-10-19)36-15-20-11-14-22(28(29,30)31)24(32)23(20)26(35)37-27(2,3)4/h5-14,32H,1,15H2,2-4H3,(H,33,34). The van der Waals surface area contributed by atoms with Gasteiger partial charge in [-0.15, -0.1) is 0 Å². The van der Waals surface area contributed by atoms with Gasteiger partial charge >= 0.3 is 18.1 Å². The van der Waals surface area contributed by atoms with Crippen molar-refractivity contribution in [3.63, 3.8) is 0 Å². The number of phenolic OH excluding ortho intramolecular Hbond substituents is 1. The first-order valence-corrected chi connectivity index (χ1v) is 11.1. The molecule has 0 saturated carbocycles. The molecule has 3 rings (SSSR count). The Kier molecular flexibility index (Phi) is 7.66. The number of esters is 1. The van der Waals surface area contributed by atoms with Gasteiger partial charge in [0.05, 0.1) is 11.1 Å². The molecule has 0 radical (unpaired) electrons. The average molecular weight is 514 g/mol. The van der Waals surface area contributed by atoms with Gasteiger partial charge in [0, 0.05) is 5.56 Å². The first kappa shape index (κ1) is 27.3. The molecule has 0 aliphatic heterocycles. The third-order valence-corrected chi connectivity index (χ3v) is 5.25. The number of alkyl halides is 3. The van der Waals surface area contributed by atoms with Crippen LogP contribution in [-0.2, 0) is 22.3 Å². The Balaban J connectivity index is 1.82. The van der Waals surface area contributed by atoms with E-state index < -0.39 is 40.6 Å². The molecule has 0 unspecified atom stereocenters. The molecule has 0 heterocycles. The van der Waals surface area contributed by atoms with Crippen molar-refractivity contribution in [2.75, 3.05) is 0 Å². The smallest absolute Gasteiger partial charge is 0.419 e. The number of aromatic hydroxyl groups is 1. The summed E-state index contributed by atoms with van der Waals surface area (Å²) < 4.78 is 50.8. The predicted octanol–water partition coefficient (Wildman–Crippen LogP) is 6.71. The normalized spacial score (nSPS) is 11.6. The van der Waals surface area contributed by atoms with Gasteiger partial charge in [0.1, 0.15) is 29.3 Å². The third kappa shape index (κ3) is 6.69. The number of hydrogen-bond acceptors (Lipinski definition) is 5. The van der Waals surface area contributed by atoms with E-state index in [9.17, 15) is 27.9 Å². The van der Waals surface area contributed by atoms with E-state index in [1.807, 2.05) is 0 Å². The Morgan fingerprint density at radius 1 is 0.892 bits per heavy atom. The molecule has 9 heteroatoms. The molecule has 3 aromatic carbocycles. The topological polar surface area (TPSA) is 93.1 Å². The maximum absolute atomic E-state index is 13.3. The Hall–Kier alpha value is -4.27. The van der Waals surface area contributed by atoms with Crippen LogP contribution in [-0.4, -0.2) is 27.8 Å². The highest BCUT2D eigenvalue weighted by molar-refractivity contribution is 6.14. The number of aliphatic carboxylic acids is 1. The second-order valence-corrected chi connectivity index (χ2v) is 9.17. The van der Waals surface area contributed by atoms with Crippen molar-refractivity contribution < 1.29 is 42.4 Å². The van der Waals surface area contributed by atoms with Crippen LogP contribution < -0.4 is 4.74 Å². The number of rotatable bonds is 7. The van der Waals surface area contributed by atoms with E-state index >= 15 is 0 Å². The highest BCUT2D eigenvalue weighted by Crippen LogP contribution is 2.39. The highest BCUT2D eigenvalue weighted by atomic mass is 19.4. The maximum atomic E-state index is 13.3. The molecule has 0 spiro atoms. The van der Waals surface area contributed by atoms with Gasteiger partial charge in [0.25, 0.3) is 0 Å². The van der Waals surface area contributed by atoms with E-state index in [1.54, 1.807) is 69.3 Å². The van der Waals surface area contributed by atoms with Crippen LogP contribution in [0.25, 0.3) is 16.7 Å². The minimum atomic E-state index is -4.87. The zero-order chi connectivity index (χ0) is 27.5. The SMILES string of the molecule is C=C(C(=O)O)c1ccc(-c2ccc(OCc3ccc(C(F)(F)F)c(O)c3C(=O)OC(C)(C)C)cc2)cc1. The second kappa shape index (κ2) is 10.4. The van der Waals surface area contributed by atoms with E-state index in [4.69, 9.17) is 14.6 Å². The summed E-state index contributed by atoms with van der Waals surface area (Å²) in [6.45, 7) is 7.90. The molecule has 0 saturated heterocycles. The number of halogens is 3. The minimum absolute atomic E-state index is 0.0182. The number of carboxylic acid groups (broad SMARTS) is 1. The number of hydrogen-bond donors (Lipinski definition) is 2. The number of benzene rings is 3. The number of ether oxygens (including phenoxy) is 2. The van der Waals surface area contributed by atoms with Crippen molar-refractivity contribution >= 4 is 17.5 Å². The summed E-state index contributed by atoms with van der Waals surface area (Å²) in [5.74, 6) is -3.05. The van der Waals surface area contributed by atoms with Crippen LogP contribution in [0.4, 0.5) is 13.2 Å². The molecule has 2 N–H and O–H groups in total. The number of carboxylic acids is 1. The molecular formula is C28H25F3O6. The van der Waals surface area contributed by atoms with Crippen LogP contribution in [0.15, 0.2) is 67.2 Å². The number of carbonyl (C=O) groups is 2. The zero-order valence-electron chi connectivity index (χ0n) is 20.3. The molecule has 0 fully saturated rings. The molecule has 37 heavy (non-hydrogen) atoms. The molecule has 0 aliphatic rings. The summed E-state index contributed by atoms with van der Waals surface area (Å²) in [5.41, 5.74) is -0.839. The molecule has 0 bridgehead atoms. The highest BCUT2D eigenvalue weighted by Gasteiger charge is 2.37. The van der Waals surface area contributed by atoms with Crippen LogP contribution in [0.2, 0.25) is 0 Å². The van der Waals surface area contributed by atoms with E-state index in [0.717, 1.165) is 17.2 Å². The fourth-order valence-corrected chi connectivity index (χ4v) is 3.43. The number of phenols is 1. The van der Waals surface area contributed by atoms with Crippen molar-refractivity contribution in [3.8, 4) is 22.6 Å². The summed E-state index contributed by atoms with van der Waals surface area (Å²) >= 11 is 0. The first-order valence-electron chi connectivity index (χ1n) is 11.1. The van der Waals surface area contributed by atoms with E-state index in [1.165, 1.54) is 0 Å². The molecule has 0 aliphatic carbocycles. The summed E-state index contributed by atoms with van der Waals surface area (Å²) in [6.07, 6.45) is -4.87. The van der Waals surface area contributed by atoms with Crippen molar-refractivity contribution in [2.24, 2.45) is 0 Å². The lowest BCUT2D eigenvalue weighted by Crippen LogP contribution is -2.25. The fraction of sp³-hybridized carbons (Fsp3) is 0.214. The third-order valence-electron chi connectivity index (χ3n) is 5.25. The van der Waals surface area contributed by atoms with Crippen molar-refractivity contribution in [2.45, 2.75) is 39.2 Å². The van der Waals surface area contributed by atoms with Gasteiger partial charge < -0.3 is 19.7 Å². The van der Waals surface area contributed by atoms with Crippen LogP contribution in [0.1, 0.15) is 47.8 Å². The largest absolute Gasteiger partial charge is 0.506 e. The molecule has 194 valence electrons. The molecule has 0 aromatic heterocycles. The van der Waals surface area contributed by atoms with Crippen LogP contribution in [0.5, 0.6) is 11.5 Å². The predicted molar refractivity (Wildman–Crippen MR) is 131 cm³/mol. The lowest BCUT2D eigenvalue weighted by molar-refractivity contribution is -0.138. The minimum Gasteiger partial charge on any atom is -0.506 e. The fourth-order valence-electron chi connectivity index (χ4n) is 3.43. The van der Waals surface area contributed by atoms with Gasteiger partial charge in [0.2, 0.25) is 0 Å². The molecular weight excluding hydrogens is 489 g/mol. The van der Waals surface area contributed by atoms with Crippen molar-refractivity contribution in [3.05, 3.63) is 89.5 Å². The molecule has 3 aromatic rings. The van der Waals surface area contributed by atoms with Gasteiger partial charge in [-0.2, -0.15) is 13.2 Å². The van der Waals surface area contributed by atoms with Crippen LogP contribution >= 0.6 is 0 Å². The van der Waals surface area contributed by atoms with Gasteiger partial charge in [-0.1, -0.05) is 49.0 Å². The molecule has 0 amide bonds. The van der Waals surface area contributed by atoms with E-state index in [-0.39, 0.29) is 17.7 Å². The van der Waals surface area contributed by atoms with Crippen molar-refractivity contribution in [1.82, 2.24) is 0 Å². The molecule has 0 atom stereocenters. The number of carbonyl (C=O) groups excluding carboxylic acids is 1. The van der Waals surface area contributed by atoms with Gasteiger partial charge in [-0.05, 0) is 55.7 Å². The van der Waals surface area contributed by atoms with Crippen LogP contribution in [0.3, 0.4) is 0 Å². The second-order valence-electron chi connectivity index (χ2n) is 9.17.